The molecule has 4 heteroatoms. The topological polar surface area (TPSA) is 20.2 Å². The number of rotatable bonds is 3. The third kappa shape index (κ3) is 4.62. The number of aliphatic hydroxyl groups is 1. The third-order valence-electron chi connectivity index (χ3n) is 4.97. The molecule has 1 nitrogen and oxygen atoms in total. The van der Waals surface area contributed by atoms with Gasteiger partial charge in [-0.05, 0) is 53.3 Å². The van der Waals surface area contributed by atoms with Gasteiger partial charge in [0.15, 0.2) is 0 Å². The van der Waals surface area contributed by atoms with Crippen molar-refractivity contribution >= 4 is 30.3 Å². The Hall–Kier alpha value is -1.35. The van der Waals surface area contributed by atoms with Gasteiger partial charge in [-0.3, -0.25) is 0 Å². The summed E-state index contributed by atoms with van der Waals surface area (Å²) in [5.74, 6) is 0.140. The average molecular weight is 445 g/mol. The number of hydrogen-bond acceptors (Lipinski definition) is 1. The van der Waals surface area contributed by atoms with Crippen LogP contribution in [0, 0.1) is 0 Å². The Kier molecular flexibility index (Phi) is 7.20. The number of fused-ring (bicyclic) bond motifs is 1. The minimum atomic E-state index is -0.879. The minimum absolute atomic E-state index is 0.140. The van der Waals surface area contributed by atoms with Crippen LogP contribution in [-0.2, 0) is 22.6 Å². The predicted octanol–water partition coefficient (Wildman–Crippen LogP) is 6.98. The van der Waals surface area contributed by atoms with Crippen LogP contribution < -0.4 is 0 Å². The van der Waals surface area contributed by atoms with Crippen LogP contribution in [0.4, 0.5) is 0 Å². The normalized spacial score (nSPS) is 15.2. The van der Waals surface area contributed by atoms with Crippen molar-refractivity contribution in [3.05, 3.63) is 107 Å². The first kappa shape index (κ1) is 21.4. The van der Waals surface area contributed by atoms with E-state index < -0.39 is 22.6 Å². The van der Waals surface area contributed by atoms with Crippen LogP contribution in [0.15, 0.2) is 78.9 Å². The van der Waals surface area contributed by atoms with E-state index in [-0.39, 0.29) is 5.92 Å². The molecule has 0 spiro atoms. The van der Waals surface area contributed by atoms with Crippen LogP contribution in [0.25, 0.3) is 11.6 Å². The monoisotopic (exact) mass is 444 g/mol. The SMILES string of the molecule is CC(C)(O)c1ccccc1C1C(c2ccccc2)=Cc2ccccc21.[Cl][Ti][Cl]. The van der Waals surface area contributed by atoms with Crippen molar-refractivity contribution in [2.24, 2.45) is 0 Å². The second-order valence-electron chi connectivity index (χ2n) is 7.25. The Balaban J connectivity index is 0.000000706. The summed E-state index contributed by atoms with van der Waals surface area (Å²) < 4.78 is 0. The molecule has 0 aromatic heterocycles. The summed E-state index contributed by atoms with van der Waals surface area (Å²) >= 11 is -0.556. The Morgan fingerprint density at radius 1 is 0.786 bits per heavy atom. The molecule has 3 aromatic carbocycles. The molecule has 28 heavy (non-hydrogen) atoms. The fraction of sp³-hybridized carbons (Fsp3) is 0.167. The maximum absolute atomic E-state index is 10.7. The molecule has 1 atom stereocenters. The van der Waals surface area contributed by atoms with Crippen molar-refractivity contribution < 1.29 is 22.1 Å². The Labute approximate surface area is 183 Å². The first-order valence-electron chi connectivity index (χ1n) is 9.11. The number of halogens is 2. The molecule has 1 aliphatic carbocycles. The van der Waals surface area contributed by atoms with E-state index in [2.05, 4.69) is 66.7 Å². The molecular formula is C24H22Cl2OTi. The van der Waals surface area contributed by atoms with E-state index in [1.54, 1.807) is 0 Å². The Morgan fingerprint density at radius 3 is 1.96 bits per heavy atom. The maximum atomic E-state index is 10.7. The molecule has 0 fully saturated rings. The fourth-order valence-corrected chi connectivity index (χ4v) is 3.85. The van der Waals surface area contributed by atoms with Gasteiger partial charge in [0, 0.05) is 5.92 Å². The van der Waals surface area contributed by atoms with Gasteiger partial charge >= 0.3 is 35.6 Å². The molecule has 1 unspecified atom stereocenters. The van der Waals surface area contributed by atoms with Crippen molar-refractivity contribution in [1.29, 1.82) is 0 Å². The Morgan fingerprint density at radius 2 is 1.32 bits per heavy atom. The molecule has 1 N–H and O–H groups in total. The number of benzene rings is 3. The van der Waals surface area contributed by atoms with Gasteiger partial charge in [0.1, 0.15) is 0 Å². The van der Waals surface area contributed by atoms with Crippen molar-refractivity contribution in [1.82, 2.24) is 0 Å². The molecular weight excluding hydrogens is 423 g/mol. The van der Waals surface area contributed by atoms with E-state index in [1.807, 2.05) is 32.0 Å². The molecule has 142 valence electrons. The predicted molar refractivity (Wildman–Crippen MR) is 116 cm³/mol. The molecule has 0 radical (unpaired) electrons. The summed E-state index contributed by atoms with van der Waals surface area (Å²) in [4.78, 5) is 0. The van der Waals surface area contributed by atoms with Crippen molar-refractivity contribution in [2.75, 3.05) is 0 Å². The van der Waals surface area contributed by atoms with E-state index in [9.17, 15) is 5.11 Å². The number of hydrogen-bond donors (Lipinski definition) is 1. The van der Waals surface area contributed by atoms with Crippen LogP contribution in [0.3, 0.4) is 0 Å². The molecule has 3 aromatic rings. The first-order chi connectivity index (χ1) is 13.5. The summed E-state index contributed by atoms with van der Waals surface area (Å²) in [6, 6.07) is 27.4. The van der Waals surface area contributed by atoms with E-state index in [0.29, 0.717) is 0 Å². The zero-order valence-electron chi connectivity index (χ0n) is 15.9. The van der Waals surface area contributed by atoms with Gasteiger partial charge in [0.2, 0.25) is 0 Å². The summed E-state index contributed by atoms with van der Waals surface area (Å²) in [5, 5.41) is 10.7. The molecule has 0 amide bonds. The van der Waals surface area contributed by atoms with Crippen LogP contribution >= 0.6 is 18.6 Å². The zero-order chi connectivity index (χ0) is 20.1. The van der Waals surface area contributed by atoms with E-state index in [0.717, 1.165) is 5.56 Å². The second kappa shape index (κ2) is 9.43. The number of allylic oxidation sites excluding steroid dienone is 1. The molecule has 0 bridgehead atoms. The van der Waals surface area contributed by atoms with Crippen LogP contribution in [0.1, 0.15) is 47.6 Å². The molecule has 0 heterocycles. The summed E-state index contributed by atoms with van der Waals surface area (Å²) in [6.45, 7) is 3.72. The van der Waals surface area contributed by atoms with Gasteiger partial charge in [-0.15, -0.1) is 0 Å². The first-order valence-corrected chi connectivity index (χ1v) is 13.4. The molecule has 0 saturated heterocycles. The average Bonchev–Trinajstić information content (AvgIpc) is 3.08. The van der Waals surface area contributed by atoms with E-state index in [4.69, 9.17) is 18.6 Å². The summed E-state index contributed by atoms with van der Waals surface area (Å²) in [6.07, 6.45) is 2.29. The van der Waals surface area contributed by atoms with Gasteiger partial charge in [-0.25, -0.2) is 0 Å². The molecule has 0 aliphatic heterocycles. The zero-order valence-corrected chi connectivity index (χ0v) is 18.9. The standard InChI is InChI=1S/C24H22O.2ClH.Ti/c1-24(2,25)22-15-9-8-14-20(22)23-19-13-7-6-12-18(19)16-21(23)17-10-4-3-5-11-17;;;/h3-16,23,25H,1-2H3;2*1H;/q;;;+2/p-2. The van der Waals surface area contributed by atoms with E-state index >= 15 is 0 Å². The Bertz CT molecular complexity index is 962. The molecule has 4 rings (SSSR count). The van der Waals surface area contributed by atoms with Crippen molar-refractivity contribution in [2.45, 2.75) is 25.4 Å². The van der Waals surface area contributed by atoms with Gasteiger partial charge in [-0.1, -0.05) is 78.9 Å². The molecule has 1 aliphatic rings. The van der Waals surface area contributed by atoms with Crippen LogP contribution in [0.5, 0.6) is 0 Å². The van der Waals surface area contributed by atoms with Crippen LogP contribution in [-0.4, -0.2) is 5.11 Å². The van der Waals surface area contributed by atoms with Crippen molar-refractivity contribution in [3.63, 3.8) is 0 Å². The third-order valence-corrected chi connectivity index (χ3v) is 4.97. The van der Waals surface area contributed by atoms with Crippen LogP contribution in [0.2, 0.25) is 0 Å². The summed E-state index contributed by atoms with van der Waals surface area (Å²) in [7, 11) is 9.78. The van der Waals surface area contributed by atoms with E-state index in [1.165, 1.54) is 27.8 Å². The van der Waals surface area contributed by atoms with Crippen molar-refractivity contribution in [3.8, 4) is 0 Å². The quantitative estimate of drug-likeness (QED) is 0.432. The molecule has 0 saturated carbocycles. The second-order valence-corrected chi connectivity index (χ2v) is 9.82. The van der Waals surface area contributed by atoms with Gasteiger partial charge < -0.3 is 5.11 Å². The van der Waals surface area contributed by atoms with Gasteiger partial charge in [0.05, 0.1) is 5.60 Å². The van der Waals surface area contributed by atoms with Gasteiger partial charge in [-0.2, -0.15) is 0 Å². The summed E-state index contributed by atoms with van der Waals surface area (Å²) in [5.41, 5.74) is 6.37. The van der Waals surface area contributed by atoms with Gasteiger partial charge in [0.25, 0.3) is 0 Å². The fourth-order valence-electron chi connectivity index (χ4n) is 3.85.